The van der Waals surface area contributed by atoms with Gasteiger partial charge in [-0.05, 0) is 39.5 Å². The van der Waals surface area contributed by atoms with E-state index in [1.807, 2.05) is 0 Å². The Morgan fingerprint density at radius 1 is 0.769 bits per heavy atom. The maximum atomic E-state index is 2.35. The second kappa shape index (κ2) is 7.04. The Kier molecular flexibility index (Phi) is 7.42. The summed E-state index contributed by atoms with van der Waals surface area (Å²) in [5.41, 5.74) is 0. The van der Waals surface area contributed by atoms with E-state index in [0.29, 0.717) is 0 Å². The Balaban J connectivity index is 0.00000144. The van der Waals surface area contributed by atoms with Crippen LogP contribution in [0.15, 0.2) is 0 Å². The summed E-state index contributed by atoms with van der Waals surface area (Å²) in [4.78, 5) is 0. The van der Waals surface area contributed by atoms with Gasteiger partial charge in [-0.1, -0.05) is 6.42 Å². The third-order valence-corrected chi connectivity index (χ3v) is 3.61. The van der Waals surface area contributed by atoms with Crippen LogP contribution in [-0.4, -0.2) is 30.7 Å². The molecule has 0 radical (unpaired) electrons. The van der Waals surface area contributed by atoms with Crippen molar-refractivity contribution >= 4 is 24.0 Å². The summed E-state index contributed by atoms with van der Waals surface area (Å²) in [5.74, 6) is 0. The Morgan fingerprint density at radius 3 is 1.54 bits per heavy atom. The zero-order valence-corrected chi connectivity index (χ0v) is 11.5. The van der Waals surface area contributed by atoms with Crippen LogP contribution in [0.5, 0.6) is 0 Å². The van der Waals surface area contributed by atoms with Crippen molar-refractivity contribution in [2.24, 2.45) is 0 Å². The molecule has 1 heterocycles. The molecule has 1 rings (SSSR count). The number of hydrogen-bond acceptors (Lipinski definition) is 0. The van der Waals surface area contributed by atoms with Crippen molar-refractivity contribution in [2.75, 3.05) is 26.2 Å². The minimum Gasteiger partial charge on any atom is -0.324 e. The number of likely N-dealkylation sites (tertiary alicyclic amines) is 1. The van der Waals surface area contributed by atoms with Gasteiger partial charge in [0.15, 0.2) is 0 Å². The fourth-order valence-corrected chi connectivity index (χ4v) is 2.39. The highest BCUT2D eigenvalue weighted by Gasteiger charge is 2.22. The molecule has 0 saturated carbocycles. The van der Waals surface area contributed by atoms with Gasteiger partial charge in [-0.2, -0.15) is 0 Å². The zero-order chi connectivity index (χ0) is 8.86. The molecule has 80 valence electrons. The highest BCUT2D eigenvalue weighted by molar-refractivity contribution is 14.0. The number of halogens is 1. The van der Waals surface area contributed by atoms with Gasteiger partial charge in [-0.3, -0.25) is 0 Å². The van der Waals surface area contributed by atoms with E-state index in [0.717, 1.165) is 0 Å². The molecular formula is C11H25IN+. The SMILES string of the molecule is CC[N+]1(CC)CCCCCCC1.I. The van der Waals surface area contributed by atoms with Gasteiger partial charge < -0.3 is 4.48 Å². The Hall–Kier alpha value is 0.690. The van der Waals surface area contributed by atoms with Crippen molar-refractivity contribution in [1.29, 1.82) is 0 Å². The largest absolute Gasteiger partial charge is 0.324 e. The van der Waals surface area contributed by atoms with Gasteiger partial charge in [0.25, 0.3) is 0 Å². The molecule has 0 aromatic heterocycles. The van der Waals surface area contributed by atoms with E-state index in [4.69, 9.17) is 0 Å². The second-order valence-corrected chi connectivity index (χ2v) is 4.19. The molecule has 2 heteroatoms. The lowest BCUT2D eigenvalue weighted by atomic mass is 10.1. The molecular weight excluding hydrogens is 273 g/mol. The predicted molar refractivity (Wildman–Crippen MR) is 69.6 cm³/mol. The van der Waals surface area contributed by atoms with Crippen LogP contribution in [0.4, 0.5) is 0 Å². The van der Waals surface area contributed by atoms with Gasteiger partial charge in [0.2, 0.25) is 0 Å². The third kappa shape index (κ3) is 4.15. The topological polar surface area (TPSA) is 0 Å². The van der Waals surface area contributed by atoms with Crippen LogP contribution < -0.4 is 0 Å². The molecule has 0 aromatic carbocycles. The Morgan fingerprint density at radius 2 is 1.15 bits per heavy atom. The van der Waals surface area contributed by atoms with Crippen LogP contribution in [0.1, 0.15) is 46.0 Å². The molecule has 1 aliphatic heterocycles. The monoisotopic (exact) mass is 298 g/mol. The lowest BCUT2D eigenvalue weighted by Gasteiger charge is -2.38. The normalized spacial score (nSPS) is 22.6. The summed E-state index contributed by atoms with van der Waals surface area (Å²) in [7, 11) is 0. The Labute approximate surface area is 100 Å². The van der Waals surface area contributed by atoms with Gasteiger partial charge in [0, 0.05) is 0 Å². The van der Waals surface area contributed by atoms with Crippen LogP contribution in [-0.2, 0) is 0 Å². The highest BCUT2D eigenvalue weighted by atomic mass is 127. The van der Waals surface area contributed by atoms with Gasteiger partial charge >= 0.3 is 0 Å². The third-order valence-electron chi connectivity index (χ3n) is 3.61. The zero-order valence-electron chi connectivity index (χ0n) is 9.22. The van der Waals surface area contributed by atoms with Crippen LogP contribution in [0.25, 0.3) is 0 Å². The first-order valence-electron chi connectivity index (χ1n) is 5.68. The van der Waals surface area contributed by atoms with Crippen LogP contribution in [0.3, 0.4) is 0 Å². The van der Waals surface area contributed by atoms with Gasteiger partial charge in [-0.25, -0.2) is 0 Å². The summed E-state index contributed by atoms with van der Waals surface area (Å²) in [6.07, 6.45) is 7.34. The fourth-order valence-electron chi connectivity index (χ4n) is 2.39. The van der Waals surface area contributed by atoms with Crippen molar-refractivity contribution in [1.82, 2.24) is 0 Å². The molecule has 1 fully saturated rings. The molecule has 0 atom stereocenters. The van der Waals surface area contributed by atoms with E-state index >= 15 is 0 Å². The van der Waals surface area contributed by atoms with E-state index < -0.39 is 0 Å². The average molecular weight is 298 g/mol. The second-order valence-electron chi connectivity index (χ2n) is 4.19. The summed E-state index contributed by atoms with van der Waals surface area (Å²) < 4.78 is 1.39. The van der Waals surface area contributed by atoms with Crippen molar-refractivity contribution < 1.29 is 4.48 Å². The maximum Gasteiger partial charge on any atom is 0.0786 e. The molecule has 0 spiro atoms. The van der Waals surface area contributed by atoms with Gasteiger partial charge in [0.05, 0.1) is 26.2 Å². The van der Waals surface area contributed by atoms with Crippen molar-refractivity contribution in [3.05, 3.63) is 0 Å². The van der Waals surface area contributed by atoms with E-state index in [9.17, 15) is 0 Å². The molecule has 0 amide bonds. The lowest BCUT2D eigenvalue weighted by Crippen LogP contribution is -2.49. The number of hydrogen-bond donors (Lipinski definition) is 0. The summed E-state index contributed by atoms with van der Waals surface area (Å²) in [6, 6.07) is 0. The molecule has 0 aliphatic carbocycles. The van der Waals surface area contributed by atoms with E-state index in [1.54, 1.807) is 0 Å². The first-order valence-corrected chi connectivity index (χ1v) is 5.68. The summed E-state index contributed by atoms with van der Waals surface area (Å²) >= 11 is 0. The molecule has 1 nitrogen and oxygen atoms in total. The molecule has 13 heavy (non-hydrogen) atoms. The average Bonchev–Trinajstić information content (AvgIpc) is 2.06. The van der Waals surface area contributed by atoms with E-state index in [1.165, 1.54) is 62.8 Å². The highest BCUT2D eigenvalue weighted by Crippen LogP contribution is 2.17. The predicted octanol–water partition coefficient (Wildman–Crippen LogP) is 3.43. The number of quaternary nitrogens is 1. The standard InChI is InChI=1S/C11H24N.HI/c1-3-12(4-2)10-8-6-5-7-9-11-12;/h3-11H2,1-2H3;1H/q+1;. The van der Waals surface area contributed by atoms with Crippen LogP contribution in [0.2, 0.25) is 0 Å². The lowest BCUT2D eigenvalue weighted by molar-refractivity contribution is -0.925. The van der Waals surface area contributed by atoms with Gasteiger partial charge in [0.1, 0.15) is 0 Å². The molecule has 0 aromatic rings. The summed E-state index contributed by atoms with van der Waals surface area (Å²) in [6.45, 7) is 10.3. The smallest absolute Gasteiger partial charge is 0.0786 e. The van der Waals surface area contributed by atoms with E-state index in [-0.39, 0.29) is 24.0 Å². The number of rotatable bonds is 2. The minimum atomic E-state index is 0. The quantitative estimate of drug-likeness (QED) is 0.541. The van der Waals surface area contributed by atoms with Crippen molar-refractivity contribution in [3.8, 4) is 0 Å². The number of nitrogens with zero attached hydrogens (tertiary/aromatic N) is 1. The molecule has 1 saturated heterocycles. The first-order chi connectivity index (χ1) is 5.83. The fraction of sp³-hybridized carbons (Fsp3) is 1.00. The van der Waals surface area contributed by atoms with Crippen molar-refractivity contribution in [2.45, 2.75) is 46.0 Å². The molecule has 1 aliphatic rings. The van der Waals surface area contributed by atoms with Crippen molar-refractivity contribution in [3.63, 3.8) is 0 Å². The minimum absolute atomic E-state index is 0. The van der Waals surface area contributed by atoms with Crippen LogP contribution in [0, 0.1) is 0 Å². The van der Waals surface area contributed by atoms with E-state index in [2.05, 4.69) is 13.8 Å². The summed E-state index contributed by atoms with van der Waals surface area (Å²) in [5, 5.41) is 0. The first kappa shape index (κ1) is 13.7. The van der Waals surface area contributed by atoms with Gasteiger partial charge in [-0.15, -0.1) is 24.0 Å². The maximum absolute atomic E-state index is 2.35. The molecule has 0 unspecified atom stereocenters. The molecule has 0 bridgehead atoms. The Bertz CT molecular complexity index is 111. The molecule has 0 N–H and O–H groups in total. The van der Waals surface area contributed by atoms with Crippen LogP contribution >= 0.6 is 24.0 Å².